The first kappa shape index (κ1) is 10.6. The van der Waals surface area contributed by atoms with Gasteiger partial charge in [0.15, 0.2) is 0 Å². The molecule has 1 amide bonds. The zero-order valence-corrected chi connectivity index (χ0v) is 8.53. The van der Waals surface area contributed by atoms with Gasteiger partial charge in [0.05, 0.1) is 0 Å². The lowest BCUT2D eigenvalue weighted by molar-refractivity contribution is -0.111. The van der Waals surface area contributed by atoms with Crippen molar-refractivity contribution >= 4 is 18.3 Å². The second-order valence-corrected chi connectivity index (χ2v) is 3.20. The highest BCUT2D eigenvalue weighted by atomic mass is 16.1. The van der Waals surface area contributed by atoms with E-state index in [4.69, 9.17) is 0 Å². The fraction of sp³-hybridized carbons (Fsp3) is 0.364. The number of hydrogen-bond acceptors (Lipinski definition) is 2. The SMILES string of the molecule is C=NC(=O)C(=NC)C1CC=CC=C1C. The Morgan fingerprint density at radius 3 is 2.86 bits per heavy atom. The van der Waals surface area contributed by atoms with Gasteiger partial charge in [0.2, 0.25) is 0 Å². The topological polar surface area (TPSA) is 41.8 Å². The first-order valence-corrected chi connectivity index (χ1v) is 4.51. The van der Waals surface area contributed by atoms with Gasteiger partial charge in [0, 0.05) is 13.0 Å². The van der Waals surface area contributed by atoms with Gasteiger partial charge in [0.1, 0.15) is 5.71 Å². The Morgan fingerprint density at radius 1 is 1.64 bits per heavy atom. The van der Waals surface area contributed by atoms with Crippen molar-refractivity contribution in [2.24, 2.45) is 15.9 Å². The molecule has 1 rings (SSSR count). The maximum Gasteiger partial charge on any atom is 0.290 e. The van der Waals surface area contributed by atoms with Gasteiger partial charge in [-0.2, -0.15) is 0 Å². The molecule has 0 heterocycles. The standard InChI is InChI=1S/C11H14N2O/c1-8-6-4-5-7-9(8)10(12-2)11(14)13-3/h4-6,9H,3,7H2,1-2H3. The lowest BCUT2D eigenvalue weighted by atomic mass is 9.88. The highest BCUT2D eigenvalue weighted by molar-refractivity contribution is 6.41. The average molecular weight is 190 g/mol. The minimum absolute atomic E-state index is 0.0722. The molecule has 0 saturated heterocycles. The zero-order chi connectivity index (χ0) is 10.6. The Kier molecular flexibility index (Phi) is 3.51. The number of rotatable bonds is 2. The third kappa shape index (κ3) is 2.05. The van der Waals surface area contributed by atoms with Gasteiger partial charge < -0.3 is 0 Å². The highest BCUT2D eigenvalue weighted by Crippen LogP contribution is 2.22. The molecule has 0 aliphatic heterocycles. The smallest absolute Gasteiger partial charge is 0.287 e. The first-order valence-electron chi connectivity index (χ1n) is 4.51. The van der Waals surface area contributed by atoms with Gasteiger partial charge in [-0.3, -0.25) is 9.79 Å². The van der Waals surface area contributed by atoms with Gasteiger partial charge in [-0.1, -0.05) is 23.8 Å². The van der Waals surface area contributed by atoms with E-state index in [0.29, 0.717) is 5.71 Å². The molecule has 0 radical (unpaired) electrons. The molecule has 74 valence electrons. The summed E-state index contributed by atoms with van der Waals surface area (Å²) in [5, 5.41) is 0. The number of nitrogens with zero attached hydrogens (tertiary/aromatic N) is 2. The zero-order valence-electron chi connectivity index (χ0n) is 8.53. The van der Waals surface area contributed by atoms with Crippen molar-refractivity contribution in [3.8, 4) is 0 Å². The quantitative estimate of drug-likeness (QED) is 0.612. The predicted octanol–water partition coefficient (Wildman–Crippen LogP) is 1.81. The van der Waals surface area contributed by atoms with E-state index in [9.17, 15) is 4.79 Å². The summed E-state index contributed by atoms with van der Waals surface area (Å²) >= 11 is 0. The van der Waals surface area contributed by atoms with Gasteiger partial charge >= 0.3 is 0 Å². The maximum absolute atomic E-state index is 11.4. The molecule has 1 aliphatic carbocycles. The molecule has 3 nitrogen and oxygen atoms in total. The average Bonchev–Trinajstić information content (AvgIpc) is 2.21. The van der Waals surface area contributed by atoms with Crippen LogP contribution in [0.2, 0.25) is 0 Å². The van der Waals surface area contributed by atoms with E-state index in [-0.39, 0.29) is 11.8 Å². The Morgan fingerprint density at radius 2 is 2.36 bits per heavy atom. The highest BCUT2D eigenvalue weighted by Gasteiger charge is 2.22. The molecule has 0 spiro atoms. The summed E-state index contributed by atoms with van der Waals surface area (Å²) < 4.78 is 0. The summed E-state index contributed by atoms with van der Waals surface area (Å²) in [7, 11) is 1.62. The van der Waals surface area contributed by atoms with Crippen LogP contribution in [0.3, 0.4) is 0 Å². The largest absolute Gasteiger partial charge is 0.290 e. The van der Waals surface area contributed by atoms with E-state index in [1.807, 2.05) is 25.2 Å². The van der Waals surface area contributed by atoms with E-state index in [1.54, 1.807) is 7.05 Å². The maximum atomic E-state index is 11.4. The molecule has 1 atom stereocenters. The Labute approximate surface area is 84.0 Å². The van der Waals surface area contributed by atoms with Crippen LogP contribution in [0.25, 0.3) is 0 Å². The second-order valence-electron chi connectivity index (χ2n) is 3.20. The van der Waals surface area contributed by atoms with Crippen LogP contribution < -0.4 is 0 Å². The first-order chi connectivity index (χ1) is 6.70. The van der Waals surface area contributed by atoms with Crippen LogP contribution in [-0.4, -0.2) is 25.4 Å². The second kappa shape index (κ2) is 4.65. The molecule has 0 aromatic carbocycles. The Hall–Kier alpha value is -1.51. The minimum atomic E-state index is -0.319. The van der Waals surface area contributed by atoms with E-state index in [2.05, 4.69) is 16.7 Å². The number of carbonyl (C=O) groups excluding carboxylic acids is 1. The number of aliphatic imine (C=N–C) groups is 2. The summed E-state index contributed by atoms with van der Waals surface area (Å²) in [4.78, 5) is 18.8. The van der Waals surface area contributed by atoms with Crippen molar-refractivity contribution in [2.45, 2.75) is 13.3 Å². The molecule has 0 saturated carbocycles. The molecule has 0 aromatic heterocycles. The van der Waals surface area contributed by atoms with E-state index in [0.717, 1.165) is 12.0 Å². The van der Waals surface area contributed by atoms with Crippen LogP contribution in [0.15, 0.2) is 33.8 Å². The molecule has 0 aromatic rings. The Balaban J connectivity index is 2.92. The van der Waals surface area contributed by atoms with E-state index >= 15 is 0 Å². The van der Waals surface area contributed by atoms with Crippen molar-refractivity contribution in [3.05, 3.63) is 23.8 Å². The number of allylic oxidation sites excluding steroid dienone is 4. The molecule has 1 aliphatic rings. The van der Waals surface area contributed by atoms with Gasteiger partial charge in [-0.15, -0.1) is 0 Å². The summed E-state index contributed by atoms with van der Waals surface area (Å²) in [6, 6.07) is 0. The fourth-order valence-corrected chi connectivity index (χ4v) is 1.55. The molecule has 0 fully saturated rings. The van der Waals surface area contributed by atoms with Crippen molar-refractivity contribution < 1.29 is 4.79 Å². The van der Waals surface area contributed by atoms with Crippen LogP contribution in [-0.2, 0) is 4.79 Å². The van der Waals surface area contributed by atoms with Crippen LogP contribution >= 0.6 is 0 Å². The van der Waals surface area contributed by atoms with Crippen LogP contribution in [0.1, 0.15) is 13.3 Å². The molecular formula is C11H14N2O. The van der Waals surface area contributed by atoms with Crippen molar-refractivity contribution in [1.29, 1.82) is 0 Å². The lowest BCUT2D eigenvalue weighted by Gasteiger charge is -2.18. The number of carbonyl (C=O) groups is 1. The third-order valence-electron chi connectivity index (χ3n) is 2.35. The molecule has 1 unspecified atom stereocenters. The predicted molar refractivity (Wildman–Crippen MR) is 58.9 cm³/mol. The van der Waals surface area contributed by atoms with Crippen molar-refractivity contribution in [1.82, 2.24) is 0 Å². The summed E-state index contributed by atoms with van der Waals surface area (Å²) in [6.07, 6.45) is 6.83. The van der Waals surface area contributed by atoms with Gasteiger partial charge in [-0.05, 0) is 20.1 Å². The van der Waals surface area contributed by atoms with Gasteiger partial charge in [-0.25, -0.2) is 4.99 Å². The van der Waals surface area contributed by atoms with Crippen LogP contribution in [0.5, 0.6) is 0 Å². The monoisotopic (exact) mass is 190 g/mol. The molecule has 0 N–H and O–H groups in total. The lowest BCUT2D eigenvalue weighted by Crippen LogP contribution is -2.24. The normalized spacial score (nSPS) is 21.7. The summed E-state index contributed by atoms with van der Waals surface area (Å²) in [6.45, 7) is 5.23. The fourth-order valence-electron chi connectivity index (χ4n) is 1.55. The van der Waals surface area contributed by atoms with Crippen LogP contribution in [0, 0.1) is 5.92 Å². The van der Waals surface area contributed by atoms with E-state index < -0.39 is 0 Å². The van der Waals surface area contributed by atoms with Crippen LogP contribution in [0.4, 0.5) is 0 Å². The molecule has 14 heavy (non-hydrogen) atoms. The minimum Gasteiger partial charge on any atom is -0.287 e. The van der Waals surface area contributed by atoms with Crippen molar-refractivity contribution in [2.75, 3.05) is 7.05 Å². The summed E-state index contributed by atoms with van der Waals surface area (Å²) in [5.74, 6) is -0.247. The molecule has 0 bridgehead atoms. The Bertz CT molecular complexity index is 337. The number of hydrogen-bond donors (Lipinski definition) is 0. The molecule has 3 heteroatoms. The number of amides is 1. The van der Waals surface area contributed by atoms with Crippen molar-refractivity contribution in [3.63, 3.8) is 0 Å². The summed E-state index contributed by atoms with van der Waals surface area (Å²) in [5.41, 5.74) is 1.64. The molecular weight excluding hydrogens is 176 g/mol. The van der Waals surface area contributed by atoms with E-state index in [1.165, 1.54) is 0 Å². The third-order valence-corrected chi connectivity index (χ3v) is 2.35. The van der Waals surface area contributed by atoms with Gasteiger partial charge in [0.25, 0.3) is 5.91 Å².